The second-order valence-electron chi connectivity index (χ2n) is 7.02. The maximum absolute atomic E-state index is 6.67. The number of hydrogen-bond donors (Lipinski definition) is 1. The van der Waals surface area contributed by atoms with Gasteiger partial charge in [-0.05, 0) is 45.2 Å². The van der Waals surface area contributed by atoms with Crippen molar-refractivity contribution in [3.63, 3.8) is 0 Å². The summed E-state index contributed by atoms with van der Waals surface area (Å²) in [6.07, 6.45) is 16.1. The molecule has 1 unspecified atom stereocenters. The predicted octanol–water partition coefficient (Wildman–Crippen LogP) is 5.11. The summed E-state index contributed by atoms with van der Waals surface area (Å²) in [6.45, 7) is 9.50. The minimum absolute atomic E-state index is 0.276. The van der Waals surface area contributed by atoms with E-state index in [2.05, 4.69) is 25.7 Å². The SMILES string of the molecule is CCCCCCCCCC(N)C(CC)(CC)N1CCCC1. The molecule has 0 aliphatic carbocycles. The summed E-state index contributed by atoms with van der Waals surface area (Å²) < 4.78 is 0. The van der Waals surface area contributed by atoms with E-state index in [0.717, 1.165) is 0 Å². The fourth-order valence-corrected chi connectivity index (χ4v) is 4.21. The number of rotatable bonds is 12. The van der Waals surface area contributed by atoms with Crippen LogP contribution in [0.5, 0.6) is 0 Å². The second kappa shape index (κ2) is 10.6. The first-order chi connectivity index (χ1) is 10.2. The van der Waals surface area contributed by atoms with Gasteiger partial charge < -0.3 is 5.73 Å². The van der Waals surface area contributed by atoms with E-state index >= 15 is 0 Å². The Kier molecular flexibility index (Phi) is 9.59. The Labute approximate surface area is 133 Å². The van der Waals surface area contributed by atoms with Crippen LogP contribution in [-0.2, 0) is 0 Å². The van der Waals surface area contributed by atoms with Crippen LogP contribution < -0.4 is 5.73 Å². The standard InChI is InChI=1S/C19H40N2/c1-4-7-8-9-10-11-12-15-18(20)19(5-2,6-3)21-16-13-14-17-21/h18H,4-17,20H2,1-3H3. The van der Waals surface area contributed by atoms with Crippen molar-refractivity contribution in [2.24, 2.45) is 5.73 Å². The van der Waals surface area contributed by atoms with Gasteiger partial charge in [0.05, 0.1) is 0 Å². The molecule has 0 spiro atoms. The molecule has 21 heavy (non-hydrogen) atoms. The van der Waals surface area contributed by atoms with E-state index in [1.54, 1.807) is 0 Å². The van der Waals surface area contributed by atoms with Gasteiger partial charge in [0.2, 0.25) is 0 Å². The predicted molar refractivity (Wildman–Crippen MR) is 94.7 cm³/mol. The van der Waals surface area contributed by atoms with Gasteiger partial charge >= 0.3 is 0 Å². The third-order valence-electron chi connectivity index (χ3n) is 5.77. The molecule has 0 saturated carbocycles. The number of nitrogens with two attached hydrogens (primary N) is 1. The summed E-state index contributed by atoms with van der Waals surface area (Å²) >= 11 is 0. The molecule has 0 aromatic heterocycles. The van der Waals surface area contributed by atoms with Gasteiger partial charge in [-0.25, -0.2) is 0 Å². The largest absolute Gasteiger partial charge is 0.326 e. The zero-order valence-corrected chi connectivity index (χ0v) is 15.0. The zero-order valence-electron chi connectivity index (χ0n) is 15.0. The van der Waals surface area contributed by atoms with Crippen molar-refractivity contribution in [3.05, 3.63) is 0 Å². The molecule has 1 rings (SSSR count). The highest BCUT2D eigenvalue weighted by Crippen LogP contribution is 2.32. The van der Waals surface area contributed by atoms with Crippen molar-refractivity contribution in [1.82, 2.24) is 4.90 Å². The first-order valence-electron chi connectivity index (χ1n) is 9.71. The minimum Gasteiger partial charge on any atom is -0.326 e. The molecular formula is C19H40N2. The summed E-state index contributed by atoms with van der Waals surface area (Å²) in [5.74, 6) is 0. The average Bonchev–Trinajstić information content (AvgIpc) is 3.03. The van der Waals surface area contributed by atoms with Crippen molar-refractivity contribution in [2.75, 3.05) is 13.1 Å². The molecule has 2 N–H and O–H groups in total. The van der Waals surface area contributed by atoms with Crippen molar-refractivity contribution in [1.29, 1.82) is 0 Å². The number of unbranched alkanes of at least 4 members (excludes halogenated alkanes) is 6. The average molecular weight is 297 g/mol. The molecule has 1 saturated heterocycles. The molecule has 126 valence electrons. The summed E-state index contributed by atoms with van der Waals surface area (Å²) in [5, 5.41) is 0. The van der Waals surface area contributed by atoms with Gasteiger partial charge in [0.1, 0.15) is 0 Å². The van der Waals surface area contributed by atoms with Gasteiger partial charge in [0.25, 0.3) is 0 Å². The molecule has 0 bridgehead atoms. The third kappa shape index (κ3) is 5.56. The molecule has 0 aromatic rings. The smallest absolute Gasteiger partial charge is 0.0355 e. The molecule has 2 heteroatoms. The lowest BCUT2D eigenvalue weighted by atomic mass is 9.80. The Morgan fingerprint density at radius 3 is 1.90 bits per heavy atom. The van der Waals surface area contributed by atoms with Crippen molar-refractivity contribution < 1.29 is 0 Å². The number of likely N-dealkylation sites (tertiary alicyclic amines) is 1. The van der Waals surface area contributed by atoms with Crippen LogP contribution in [0.1, 0.15) is 97.8 Å². The molecule has 1 fully saturated rings. The molecule has 1 atom stereocenters. The third-order valence-corrected chi connectivity index (χ3v) is 5.77. The highest BCUT2D eigenvalue weighted by molar-refractivity contribution is 4.98. The van der Waals surface area contributed by atoms with Crippen molar-refractivity contribution in [3.8, 4) is 0 Å². The monoisotopic (exact) mass is 296 g/mol. The second-order valence-corrected chi connectivity index (χ2v) is 7.02. The van der Waals surface area contributed by atoms with E-state index in [9.17, 15) is 0 Å². The summed E-state index contributed by atoms with van der Waals surface area (Å²) in [4.78, 5) is 2.71. The first-order valence-corrected chi connectivity index (χ1v) is 9.71. The Hall–Kier alpha value is -0.0800. The lowest BCUT2D eigenvalue weighted by Crippen LogP contribution is -2.58. The van der Waals surface area contributed by atoms with Crippen LogP contribution >= 0.6 is 0 Å². The fraction of sp³-hybridized carbons (Fsp3) is 1.00. The van der Waals surface area contributed by atoms with Crippen LogP contribution in [0.4, 0.5) is 0 Å². The Bertz CT molecular complexity index is 242. The van der Waals surface area contributed by atoms with Gasteiger partial charge in [-0.3, -0.25) is 4.90 Å². The van der Waals surface area contributed by atoms with E-state index in [-0.39, 0.29) is 5.54 Å². The quantitative estimate of drug-likeness (QED) is 0.507. The van der Waals surface area contributed by atoms with Crippen molar-refractivity contribution in [2.45, 2.75) is 109 Å². The van der Waals surface area contributed by atoms with E-state index in [1.807, 2.05) is 0 Å². The molecule has 1 aliphatic heterocycles. The summed E-state index contributed by atoms with van der Waals surface area (Å²) in [6, 6.07) is 0.362. The molecule has 2 nitrogen and oxygen atoms in total. The van der Waals surface area contributed by atoms with Gasteiger partial charge in [0.15, 0.2) is 0 Å². The lowest BCUT2D eigenvalue weighted by Gasteiger charge is -2.45. The maximum atomic E-state index is 6.67. The van der Waals surface area contributed by atoms with Crippen LogP contribution in [0.15, 0.2) is 0 Å². The molecule has 1 aliphatic rings. The highest BCUT2D eigenvalue weighted by Gasteiger charge is 2.39. The van der Waals surface area contributed by atoms with E-state index < -0.39 is 0 Å². The van der Waals surface area contributed by atoms with Crippen LogP contribution in [0.25, 0.3) is 0 Å². The normalized spacial score (nSPS) is 18.3. The van der Waals surface area contributed by atoms with E-state index in [4.69, 9.17) is 5.73 Å². The molecule has 0 aromatic carbocycles. The Morgan fingerprint density at radius 1 is 0.857 bits per heavy atom. The van der Waals surface area contributed by atoms with Gasteiger partial charge in [-0.2, -0.15) is 0 Å². The topological polar surface area (TPSA) is 29.3 Å². The van der Waals surface area contributed by atoms with E-state index in [1.165, 1.54) is 90.1 Å². The van der Waals surface area contributed by atoms with Crippen molar-refractivity contribution >= 4 is 0 Å². The number of hydrogen-bond acceptors (Lipinski definition) is 2. The molecule has 0 amide bonds. The zero-order chi connectivity index (χ0) is 15.6. The van der Waals surface area contributed by atoms with Crippen LogP contribution in [0.3, 0.4) is 0 Å². The Balaban J connectivity index is 2.31. The highest BCUT2D eigenvalue weighted by atomic mass is 15.2. The lowest BCUT2D eigenvalue weighted by molar-refractivity contribution is 0.0727. The number of nitrogens with zero attached hydrogens (tertiary/aromatic N) is 1. The van der Waals surface area contributed by atoms with Crippen LogP contribution in [-0.4, -0.2) is 29.6 Å². The van der Waals surface area contributed by atoms with Gasteiger partial charge in [-0.15, -0.1) is 0 Å². The van der Waals surface area contributed by atoms with E-state index in [0.29, 0.717) is 6.04 Å². The van der Waals surface area contributed by atoms with Crippen LogP contribution in [0.2, 0.25) is 0 Å². The maximum Gasteiger partial charge on any atom is 0.0355 e. The molecule has 0 radical (unpaired) electrons. The van der Waals surface area contributed by atoms with Gasteiger partial charge in [0, 0.05) is 11.6 Å². The first kappa shape index (κ1) is 19.0. The van der Waals surface area contributed by atoms with Crippen LogP contribution in [0, 0.1) is 0 Å². The summed E-state index contributed by atoms with van der Waals surface area (Å²) in [5.41, 5.74) is 6.95. The molecule has 1 heterocycles. The Morgan fingerprint density at radius 2 is 1.38 bits per heavy atom. The fourth-order valence-electron chi connectivity index (χ4n) is 4.21. The van der Waals surface area contributed by atoms with Gasteiger partial charge in [-0.1, -0.05) is 65.7 Å². The minimum atomic E-state index is 0.276. The summed E-state index contributed by atoms with van der Waals surface area (Å²) in [7, 11) is 0. The molecular weight excluding hydrogens is 256 g/mol.